The summed E-state index contributed by atoms with van der Waals surface area (Å²) in [4.78, 5) is 3.98. The molecule has 0 saturated carbocycles. The van der Waals surface area contributed by atoms with Gasteiger partial charge in [0.15, 0.2) is 5.75 Å². The van der Waals surface area contributed by atoms with Crippen LogP contribution in [0.3, 0.4) is 0 Å². The molecule has 0 spiro atoms. The summed E-state index contributed by atoms with van der Waals surface area (Å²) in [5, 5.41) is 13.1. The second-order valence-corrected chi connectivity index (χ2v) is 4.16. The first-order valence-corrected chi connectivity index (χ1v) is 5.71. The maximum atomic E-state index is 8.91. The number of hydrogen-bond acceptors (Lipinski definition) is 4. The van der Waals surface area contributed by atoms with Crippen LogP contribution in [-0.2, 0) is 6.61 Å². The van der Waals surface area contributed by atoms with Crippen molar-refractivity contribution in [1.29, 1.82) is 5.26 Å². The summed E-state index contributed by atoms with van der Waals surface area (Å²) in [6.07, 6.45) is 5.11. The van der Waals surface area contributed by atoms with Crippen molar-refractivity contribution in [2.45, 2.75) is 26.5 Å². The number of rotatable bonds is 4. The topological polar surface area (TPSA) is 63.7 Å². The first-order chi connectivity index (χ1) is 8.70. The lowest BCUT2D eigenvalue weighted by Crippen LogP contribution is -2.01. The first-order valence-electron chi connectivity index (χ1n) is 5.71. The summed E-state index contributed by atoms with van der Waals surface area (Å²) in [6.45, 7) is 4.41. The summed E-state index contributed by atoms with van der Waals surface area (Å²) < 4.78 is 7.41. The third kappa shape index (κ3) is 2.66. The maximum absolute atomic E-state index is 8.91. The summed E-state index contributed by atoms with van der Waals surface area (Å²) in [6, 6.07) is 5.97. The Morgan fingerprint density at radius 2 is 2.33 bits per heavy atom. The molecule has 2 heterocycles. The molecule has 5 nitrogen and oxygen atoms in total. The molecule has 0 aliphatic heterocycles. The van der Waals surface area contributed by atoms with Crippen LogP contribution < -0.4 is 4.74 Å². The van der Waals surface area contributed by atoms with Crippen LogP contribution in [0.1, 0.15) is 31.1 Å². The van der Waals surface area contributed by atoms with E-state index in [1.165, 1.54) is 0 Å². The SMILES string of the molecule is CC(C)n1cc(OCc2cccnc2C#N)cn1. The van der Waals surface area contributed by atoms with Crippen LogP contribution in [0.4, 0.5) is 0 Å². The fourth-order valence-electron chi connectivity index (χ4n) is 1.49. The van der Waals surface area contributed by atoms with Gasteiger partial charge in [-0.05, 0) is 19.9 Å². The van der Waals surface area contributed by atoms with Crippen molar-refractivity contribution >= 4 is 0 Å². The van der Waals surface area contributed by atoms with E-state index in [0.29, 0.717) is 24.1 Å². The number of pyridine rings is 1. The lowest BCUT2D eigenvalue weighted by molar-refractivity contribution is 0.304. The van der Waals surface area contributed by atoms with E-state index in [1.807, 2.05) is 36.9 Å². The number of hydrogen-bond donors (Lipinski definition) is 0. The van der Waals surface area contributed by atoms with Crippen molar-refractivity contribution in [3.8, 4) is 11.8 Å². The Kier molecular flexibility index (Phi) is 3.58. The molecule has 0 atom stereocenters. The van der Waals surface area contributed by atoms with E-state index in [-0.39, 0.29) is 0 Å². The Bertz CT molecular complexity index is 568. The highest BCUT2D eigenvalue weighted by atomic mass is 16.5. The van der Waals surface area contributed by atoms with Crippen LogP contribution in [0, 0.1) is 11.3 Å². The monoisotopic (exact) mass is 242 g/mol. The zero-order valence-electron chi connectivity index (χ0n) is 10.4. The van der Waals surface area contributed by atoms with Gasteiger partial charge in [0.1, 0.15) is 18.4 Å². The third-order valence-corrected chi connectivity index (χ3v) is 2.50. The van der Waals surface area contributed by atoms with Gasteiger partial charge in [-0.25, -0.2) is 4.98 Å². The average molecular weight is 242 g/mol. The summed E-state index contributed by atoms with van der Waals surface area (Å²) in [7, 11) is 0. The van der Waals surface area contributed by atoms with Crippen LogP contribution in [0.25, 0.3) is 0 Å². The molecule has 0 fully saturated rings. The zero-order chi connectivity index (χ0) is 13.0. The molecule has 2 aromatic rings. The molecule has 0 saturated heterocycles. The predicted molar refractivity (Wildman–Crippen MR) is 65.9 cm³/mol. The van der Waals surface area contributed by atoms with Gasteiger partial charge in [-0.3, -0.25) is 4.68 Å². The minimum Gasteiger partial charge on any atom is -0.486 e. The van der Waals surface area contributed by atoms with Gasteiger partial charge < -0.3 is 4.74 Å². The Balaban J connectivity index is 2.05. The minimum atomic E-state index is 0.301. The molecule has 0 bridgehead atoms. The number of nitrogens with zero attached hydrogens (tertiary/aromatic N) is 4. The van der Waals surface area contributed by atoms with Crippen molar-refractivity contribution in [2.75, 3.05) is 0 Å². The molecule has 0 amide bonds. The van der Waals surface area contributed by atoms with E-state index in [2.05, 4.69) is 10.1 Å². The molecule has 0 aliphatic carbocycles. The van der Waals surface area contributed by atoms with Crippen molar-refractivity contribution in [2.24, 2.45) is 0 Å². The fraction of sp³-hybridized carbons (Fsp3) is 0.308. The third-order valence-electron chi connectivity index (χ3n) is 2.50. The highest BCUT2D eigenvalue weighted by Crippen LogP contribution is 2.15. The van der Waals surface area contributed by atoms with E-state index in [9.17, 15) is 0 Å². The van der Waals surface area contributed by atoms with Gasteiger partial charge >= 0.3 is 0 Å². The number of aromatic nitrogens is 3. The van der Waals surface area contributed by atoms with Gasteiger partial charge in [0.25, 0.3) is 0 Å². The second-order valence-electron chi connectivity index (χ2n) is 4.16. The van der Waals surface area contributed by atoms with E-state index >= 15 is 0 Å². The van der Waals surface area contributed by atoms with Crippen molar-refractivity contribution < 1.29 is 4.74 Å². The Hall–Kier alpha value is -2.35. The van der Waals surface area contributed by atoms with Crippen molar-refractivity contribution in [3.05, 3.63) is 42.0 Å². The molecule has 18 heavy (non-hydrogen) atoms. The smallest absolute Gasteiger partial charge is 0.157 e. The number of nitriles is 1. The summed E-state index contributed by atoms with van der Waals surface area (Å²) in [5.41, 5.74) is 1.17. The quantitative estimate of drug-likeness (QED) is 0.825. The van der Waals surface area contributed by atoms with Gasteiger partial charge in [-0.15, -0.1) is 0 Å². The Labute approximate surface area is 106 Å². The molecular formula is C13H14N4O. The molecule has 5 heteroatoms. The lowest BCUT2D eigenvalue weighted by atomic mass is 10.2. The zero-order valence-corrected chi connectivity index (χ0v) is 10.4. The highest BCUT2D eigenvalue weighted by molar-refractivity contribution is 5.30. The molecule has 2 aromatic heterocycles. The predicted octanol–water partition coefficient (Wildman–Crippen LogP) is 2.31. The van der Waals surface area contributed by atoms with Gasteiger partial charge in [0, 0.05) is 17.8 Å². The van der Waals surface area contributed by atoms with Gasteiger partial charge in [-0.1, -0.05) is 6.07 Å². The molecule has 92 valence electrons. The van der Waals surface area contributed by atoms with E-state index in [4.69, 9.17) is 10.00 Å². The van der Waals surface area contributed by atoms with Crippen LogP contribution in [0.5, 0.6) is 5.75 Å². The molecule has 0 aliphatic rings. The second kappa shape index (κ2) is 5.32. The molecule has 0 N–H and O–H groups in total. The summed E-state index contributed by atoms with van der Waals surface area (Å²) in [5.74, 6) is 0.691. The van der Waals surface area contributed by atoms with Crippen LogP contribution in [0.2, 0.25) is 0 Å². The molecule has 2 rings (SSSR count). The fourth-order valence-corrected chi connectivity index (χ4v) is 1.49. The van der Waals surface area contributed by atoms with Gasteiger partial charge in [-0.2, -0.15) is 10.4 Å². The average Bonchev–Trinajstić information content (AvgIpc) is 2.85. The standard InChI is InChI=1S/C13H14N4O/c1-10(2)17-8-12(7-16-17)18-9-11-4-3-5-15-13(11)6-14/h3-5,7-8,10H,9H2,1-2H3. The first kappa shape index (κ1) is 12.1. The van der Waals surface area contributed by atoms with Crippen LogP contribution >= 0.6 is 0 Å². The van der Waals surface area contributed by atoms with E-state index in [1.54, 1.807) is 18.5 Å². The van der Waals surface area contributed by atoms with Gasteiger partial charge in [0.05, 0.1) is 12.4 Å². The maximum Gasteiger partial charge on any atom is 0.157 e. The van der Waals surface area contributed by atoms with Crippen LogP contribution in [0.15, 0.2) is 30.7 Å². The van der Waals surface area contributed by atoms with Crippen LogP contribution in [-0.4, -0.2) is 14.8 Å². The van der Waals surface area contributed by atoms with E-state index in [0.717, 1.165) is 5.56 Å². The van der Waals surface area contributed by atoms with Crippen molar-refractivity contribution in [3.63, 3.8) is 0 Å². The lowest BCUT2D eigenvalue weighted by Gasteiger charge is -2.05. The molecular weight excluding hydrogens is 228 g/mol. The normalized spacial score (nSPS) is 10.3. The highest BCUT2D eigenvalue weighted by Gasteiger charge is 2.05. The largest absolute Gasteiger partial charge is 0.486 e. The van der Waals surface area contributed by atoms with Gasteiger partial charge in [0.2, 0.25) is 0 Å². The Morgan fingerprint density at radius 1 is 1.50 bits per heavy atom. The molecule has 0 radical (unpaired) electrons. The summed E-state index contributed by atoms with van der Waals surface area (Å²) >= 11 is 0. The minimum absolute atomic E-state index is 0.301. The molecule has 0 unspecified atom stereocenters. The van der Waals surface area contributed by atoms with E-state index < -0.39 is 0 Å². The Morgan fingerprint density at radius 3 is 3.00 bits per heavy atom. The number of ether oxygens (including phenoxy) is 1. The molecule has 0 aromatic carbocycles. The van der Waals surface area contributed by atoms with Crippen molar-refractivity contribution in [1.82, 2.24) is 14.8 Å².